The van der Waals surface area contributed by atoms with Crippen LogP contribution in [0.5, 0.6) is 0 Å². The van der Waals surface area contributed by atoms with Gasteiger partial charge in [-0.3, -0.25) is 0 Å². The molecule has 0 amide bonds. The Balaban J connectivity index is 0.000000124. The van der Waals surface area contributed by atoms with Crippen molar-refractivity contribution in [1.29, 1.82) is 0 Å². The summed E-state index contributed by atoms with van der Waals surface area (Å²) < 4.78 is 9.17. The standard InChI is InChI=1S/C8H15N.C4H4O2/c1-2-4-8-7(3-1)5-6-9-8;1-2-6-4-3-5-1/h7-9H,1-6H2;1-4H. The van der Waals surface area contributed by atoms with Crippen molar-refractivity contribution in [1.82, 2.24) is 5.32 Å². The van der Waals surface area contributed by atoms with Gasteiger partial charge in [-0.1, -0.05) is 12.8 Å². The van der Waals surface area contributed by atoms with Crippen LogP contribution in [0.25, 0.3) is 0 Å². The highest BCUT2D eigenvalue weighted by Gasteiger charge is 2.28. The first-order chi connectivity index (χ1) is 7.47. The van der Waals surface area contributed by atoms with Crippen LogP contribution in [-0.4, -0.2) is 12.6 Å². The summed E-state index contributed by atoms with van der Waals surface area (Å²) in [4.78, 5) is 0. The van der Waals surface area contributed by atoms with Gasteiger partial charge >= 0.3 is 0 Å². The van der Waals surface area contributed by atoms with E-state index in [0.717, 1.165) is 12.0 Å². The van der Waals surface area contributed by atoms with Crippen LogP contribution < -0.4 is 5.32 Å². The van der Waals surface area contributed by atoms with Gasteiger partial charge in [0, 0.05) is 6.04 Å². The summed E-state index contributed by atoms with van der Waals surface area (Å²) in [6.45, 7) is 1.29. The number of nitrogens with one attached hydrogen (secondary N) is 1. The molecule has 3 rings (SSSR count). The Labute approximate surface area is 91.1 Å². The Kier molecular flexibility index (Phi) is 4.09. The van der Waals surface area contributed by atoms with E-state index >= 15 is 0 Å². The molecule has 0 aromatic rings. The highest BCUT2D eigenvalue weighted by Crippen LogP contribution is 2.29. The zero-order valence-corrected chi connectivity index (χ0v) is 9.02. The van der Waals surface area contributed by atoms with Gasteiger partial charge in [-0.15, -0.1) is 0 Å². The third-order valence-corrected chi connectivity index (χ3v) is 3.26. The van der Waals surface area contributed by atoms with E-state index in [4.69, 9.17) is 0 Å². The molecule has 1 aliphatic carbocycles. The van der Waals surface area contributed by atoms with E-state index in [9.17, 15) is 0 Å². The second-order valence-electron chi connectivity index (χ2n) is 4.21. The first-order valence-corrected chi connectivity index (χ1v) is 5.81. The van der Waals surface area contributed by atoms with E-state index in [1.54, 1.807) is 0 Å². The van der Waals surface area contributed by atoms with Gasteiger partial charge in [0.2, 0.25) is 0 Å². The lowest BCUT2D eigenvalue weighted by atomic mass is 9.86. The van der Waals surface area contributed by atoms with Gasteiger partial charge in [0.05, 0.1) is 0 Å². The van der Waals surface area contributed by atoms with E-state index in [2.05, 4.69) is 14.8 Å². The fourth-order valence-corrected chi connectivity index (χ4v) is 2.50. The lowest BCUT2D eigenvalue weighted by molar-refractivity contribution is 0.290. The normalized spacial score (nSPS) is 32.0. The number of rotatable bonds is 0. The summed E-state index contributed by atoms with van der Waals surface area (Å²) in [7, 11) is 0. The quantitative estimate of drug-likeness (QED) is 0.665. The third-order valence-electron chi connectivity index (χ3n) is 3.26. The lowest BCUT2D eigenvalue weighted by Crippen LogP contribution is -2.29. The zero-order chi connectivity index (χ0) is 10.3. The molecule has 1 saturated carbocycles. The van der Waals surface area contributed by atoms with Gasteiger partial charge in [0.1, 0.15) is 25.0 Å². The van der Waals surface area contributed by atoms with Gasteiger partial charge in [0.15, 0.2) is 0 Å². The predicted octanol–water partition coefficient (Wildman–Crippen LogP) is 2.51. The monoisotopic (exact) mass is 209 g/mol. The maximum Gasteiger partial charge on any atom is 0.125 e. The van der Waals surface area contributed by atoms with E-state index in [-0.39, 0.29) is 0 Å². The predicted molar refractivity (Wildman–Crippen MR) is 58.8 cm³/mol. The summed E-state index contributed by atoms with van der Waals surface area (Å²) in [5.74, 6) is 1.05. The van der Waals surface area contributed by atoms with Crippen LogP contribution in [0.4, 0.5) is 0 Å². The van der Waals surface area contributed by atoms with Gasteiger partial charge in [-0.25, -0.2) is 0 Å². The molecular weight excluding hydrogens is 190 g/mol. The number of ether oxygens (including phenoxy) is 2. The molecule has 1 saturated heterocycles. The van der Waals surface area contributed by atoms with Crippen molar-refractivity contribution in [3.05, 3.63) is 25.0 Å². The van der Waals surface area contributed by atoms with Crippen LogP contribution in [-0.2, 0) is 9.47 Å². The van der Waals surface area contributed by atoms with Crippen molar-refractivity contribution in [2.45, 2.75) is 38.1 Å². The first kappa shape index (κ1) is 10.6. The molecule has 15 heavy (non-hydrogen) atoms. The number of hydrogen-bond donors (Lipinski definition) is 1. The van der Waals surface area contributed by atoms with Gasteiger partial charge in [0.25, 0.3) is 0 Å². The Morgan fingerprint density at radius 3 is 2.13 bits per heavy atom. The minimum absolute atomic E-state index is 0.916. The van der Waals surface area contributed by atoms with Crippen molar-refractivity contribution >= 4 is 0 Å². The summed E-state index contributed by atoms with van der Waals surface area (Å²) in [6, 6.07) is 0.916. The second-order valence-corrected chi connectivity index (χ2v) is 4.21. The van der Waals surface area contributed by atoms with Crippen molar-refractivity contribution in [2.75, 3.05) is 6.54 Å². The molecule has 0 spiro atoms. The average molecular weight is 209 g/mol. The van der Waals surface area contributed by atoms with E-state index < -0.39 is 0 Å². The van der Waals surface area contributed by atoms with Crippen LogP contribution in [0, 0.1) is 5.92 Å². The maximum absolute atomic E-state index is 4.58. The summed E-state index contributed by atoms with van der Waals surface area (Å²) in [6.07, 6.45) is 13.2. The number of fused-ring (bicyclic) bond motifs is 1. The molecule has 0 radical (unpaired) electrons. The van der Waals surface area contributed by atoms with Crippen molar-refractivity contribution in [2.24, 2.45) is 5.92 Å². The molecule has 2 atom stereocenters. The molecule has 84 valence electrons. The molecule has 0 aromatic carbocycles. The van der Waals surface area contributed by atoms with Crippen LogP contribution in [0.3, 0.4) is 0 Å². The summed E-state index contributed by atoms with van der Waals surface area (Å²) >= 11 is 0. The van der Waals surface area contributed by atoms with E-state index in [1.807, 2.05) is 0 Å². The largest absolute Gasteiger partial charge is 0.466 e. The van der Waals surface area contributed by atoms with Crippen LogP contribution in [0.15, 0.2) is 25.0 Å². The van der Waals surface area contributed by atoms with E-state index in [1.165, 1.54) is 63.7 Å². The Morgan fingerprint density at radius 2 is 1.53 bits per heavy atom. The highest BCUT2D eigenvalue weighted by molar-refractivity contribution is 4.86. The molecule has 3 aliphatic rings. The Hall–Kier alpha value is -0.960. The van der Waals surface area contributed by atoms with Gasteiger partial charge < -0.3 is 14.8 Å². The Bertz CT molecular complexity index is 206. The molecule has 0 aromatic heterocycles. The molecule has 2 heterocycles. The van der Waals surface area contributed by atoms with Crippen LogP contribution in [0.1, 0.15) is 32.1 Å². The van der Waals surface area contributed by atoms with Crippen molar-refractivity contribution in [3.8, 4) is 0 Å². The molecule has 0 bridgehead atoms. The fourth-order valence-electron chi connectivity index (χ4n) is 2.50. The maximum atomic E-state index is 4.58. The van der Waals surface area contributed by atoms with Crippen molar-refractivity contribution in [3.63, 3.8) is 0 Å². The lowest BCUT2D eigenvalue weighted by Gasteiger charge is -2.24. The average Bonchev–Trinajstić information content (AvgIpc) is 2.80. The van der Waals surface area contributed by atoms with Crippen LogP contribution >= 0.6 is 0 Å². The topological polar surface area (TPSA) is 30.5 Å². The Morgan fingerprint density at radius 1 is 0.867 bits per heavy atom. The van der Waals surface area contributed by atoms with E-state index in [0.29, 0.717) is 0 Å². The third kappa shape index (κ3) is 3.27. The highest BCUT2D eigenvalue weighted by atomic mass is 16.5. The minimum Gasteiger partial charge on any atom is -0.466 e. The molecule has 2 fully saturated rings. The summed E-state index contributed by atoms with van der Waals surface area (Å²) in [5, 5.41) is 3.56. The first-order valence-electron chi connectivity index (χ1n) is 5.81. The molecule has 3 nitrogen and oxygen atoms in total. The number of hydrogen-bond acceptors (Lipinski definition) is 3. The molecule has 3 heteroatoms. The summed E-state index contributed by atoms with van der Waals surface area (Å²) in [5.41, 5.74) is 0. The fraction of sp³-hybridized carbons (Fsp3) is 0.667. The SMILES string of the molecule is C1=COC=CO1.C1CCC2NCCC2C1. The molecule has 1 N–H and O–H groups in total. The van der Waals surface area contributed by atoms with Gasteiger partial charge in [-0.2, -0.15) is 0 Å². The van der Waals surface area contributed by atoms with Crippen LogP contribution in [0.2, 0.25) is 0 Å². The minimum atomic E-state index is 0.916. The second kappa shape index (κ2) is 5.81. The molecular formula is C12H19NO2. The molecule has 2 aliphatic heterocycles. The van der Waals surface area contributed by atoms with Crippen molar-refractivity contribution < 1.29 is 9.47 Å². The van der Waals surface area contributed by atoms with Gasteiger partial charge in [-0.05, 0) is 31.7 Å². The zero-order valence-electron chi connectivity index (χ0n) is 9.02. The smallest absolute Gasteiger partial charge is 0.125 e. The molecule has 2 unspecified atom stereocenters.